The Bertz CT molecular complexity index is 434. The number of hydrogen-bond acceptors (Lipinski definition) is 4. The minimum atomic E-state index is 0.333. The number of benzene rings is 1. The highest BCUT2D eigenvalue weighted by Crippen LogP contribution is 2.42. The van der Waals surface area contributed by atoms with Crippen LogP contribution in [0.3, 0.4) is 0 Å². The van der Waals surface area contributed by atoms with Crippen molar-refractivity contribution in [3.05, 3.63) is 17.7 Å². The van der Waals surface area contributed by atoms with Gasteiger partial charge in [0.15, 0.2) is 11.5 Å². The Morgan fingerprint density at radius 2 is 1.68 bits per heavy atom. The maximum atomic E-state index is 5.52. The van der Waals surface area contributed by atoms with Crippen LogP contribution in [0.4, 0.5) is 0 Å². The van der Waals surface area contributed by atoms with Gasteiger partial charge in [0, 0.05) is 17.7 Å². The summed E-state index contributed by atoms with van der Waals surface area (Å²) in [6.07, 6.45) is 2.37. The van der Waals surface area contributed by atoms with Crippen LogP contribution in [-0.2, 0) is 0 Å². The molecule has 2 atom stereocenters. The van der Waals surface area contributed by atoms with Crippen LogP contribution in [0.15, 0.2) is 12.1 Å². The second-order valence-corrected chi connectivity index (χ2v) is 4.84. The largest absolute Gasteiger partial charge is 0.496 e. The average Bonchev–Trinajstić information content (AvgIpc) is 2.93. The molecule has 1 saturated heterocycles. The van der Waals surface area contributed by atoms with Crippen LogP contribution < -0.4 is 19.5 Å². The summed E-state index contributed by atoms with van der Waals surface area (Å²) in [4.78, 5) is 0. The molecule has 2 unspecified atom stereocenters. The molecule has 1 aromatic rings. The summed E-state index contributed by atoms with van der Waals surface area (Å²) in [5, 5.41) is 3.56. The lowest BCUT2D eigenvalue weighted by atomic mass is 9.91. The van der Waals surface area contributed by atoms with Crippen molar-refractivity contribution < 1.29 is 14.2 Å². The van der Waals surface area contributed by atoms with E-state index >= 15 is 0 Å². The fourth-order valence-electron chi connectivity index (χ4n) is 2.86. The molecule has 2 rings (SSSR count). The molecule has 19 heavy (non-hydrogen) atoms. The Kier molecular flexibility index (Phi) is 4.53. The summed E-state index contributed by atoms with van der Waals surface area (Å²) in [5.41, 5.74) is 1.16. The molecule has 0 aromatic heterocycles. The van der Waals surface area contributed by atoms with Crippen molar-refractivity contribution in [1.82, 2.24) is 5.32 Å². The van der Waals surface area contributed by atoms with Crippen molar-refractivity contribution in [1.29, 1.82) is 0 Å². The van der Waals surface area contributed by atoms with E-state index in [4.69, 9.17) is 14.2 Å². The highest BCUT2D eigenvalue weighted by molar-refractivity contribution is 5.52. The van der Waals surface area contributed by atoms with E-state index in [0.717, 1.165) is 30.0 Å². The Morgan fingerprint density at radius 1 is 1.05 bits per heavy atom. The van der Waals surface area contributed by atoms with Gasteiger partial charge in [0.1, 0.15) is 5.75 Å². The molecule has 0 spiro atoms. The summed E-state index contributed by atoms with van der Waals surface area (Å²) >= 11 is 0. The first-order chi connectivity index (χ1) is 9.24. The van der Waals surface area contributed by atoms with Crippen LogP contribution in [0.5, 0.6) is 17.2 Å². The van der Waals surface area contributed by atoms with E-state index in [2.05, 4.69) is 12.2 Å². The quantitative estimate of drug-likeness (QED) is 0.888. The van der Waals surface area contributed by atoms with E-state index in [9.17, 15) is 0 Å². The predicted molar refractivity (Wildman–Crippen MR) is 75.2 cm³/mol. The van der Waals surface area contributed by atoms with Crippen molar-refractivity contribution >= 4 is 0 Å². The van der Waals surface area contributed by atoms with E-state index < -0.39 is 0 Å². The fraction of sp³-hybridized carbons (Fsp3) is 0.600. The van der Waals surface area contributed by atoms with Gasteiger partial charge in [-0.05, 0) is 24.9 Å². The number of methoxy groups -OCH3 is 3. The highest BCUT2D eigenvalue weighted by atomic mass is 16.5. The lowest BCUT2D eigenvalue weighted by molar-refractivity contribution is 0.342. The van der Waals surface area contributed by atoms with Crippen molar-refractivity contribution in [3.63, 3.8) is 0 Å². The molecule has 106 valence electrons. The molecular formula is C15H23NO3. The number of nitrogens with one attached hydrogen (secondary N) is 1. The van der Waals surface area contributed by atoms with Crippen LogP contribution in [0, 0.1) is 5.92 Å². The maximum absolute atomic E-state index is 5.52. The van der Waals surface area contributed by atoms with Crippen molar-refractivity contribution in [3.8, 4) is 17.2 Å². The molecule has 0 aliphatic carbocycles. The van der Waals surface area contributed by atoms with Crippen LogP contribution in [0.2, 0.25) is 0 Å². The third-order valence-electron chi connectivity index (χ3n) is 3.95. The monoisotopic (exact) mass is 265 g/mol. The Balaban J connectivity index is 2.43. The number of ether oxygens (including phenoxy) is 3. The predicted octanol–water partition coefficient (Wildman–Crippen LogP) is 2.77. The third-order valence-corrected chi connectivity index (χ3v) is 3.95. The van der Waals surface area contributed by atoms with Crippen molar-refractivity contribution in [2.75, 3.05) is 27.9 Å². The molecule has 4 nitrogen and oxygen atoms in total. The zero-order valence-corrected chi connectivity index (χ0v) is 12.2. The van der Waals surface area contributed by atoms with Gasteiger partial charge in [-0.3, -0.25) is 0 Å². The molecule has 0 radical (unpaired) electrons. The molecule has 1 heterocycles. The minimum Gasteiger partial charge on any atom is -0.496 e. The van der Waals surface area contributed by atoms with E-state index in [0.29, 0.717) is 17.7 Å². The van der Waals surface area contributed by atoms with E-state index in [1.807, 2.05) is 12.1 Å². The second-order valence-electron chi connectivity index (χ2n) is 4.84. The van der Waals surface area contributed by atoms with Gasteiger partial charge in [-0.15, -0.1) is 0 Å². The first-order valence-corrected chi connectivity index (χ1v) is 6.78. The first kappa shape index (κ1) is 14.0. The maximum Gasteiger partial charge on any atom is 0.164 e. The van der Waals surface area contributed by atoms with Crippen LogP contribution in [0.1, 0.15) is 31.4 Å². The van der Waals surface area contributed by atoms with Gasteiger partial charge in [0.05, 0.1) is 21.3 Å². The van der Waals surface area contributed by atoms with Crippen LogP contribution in [0.25, 0.3) is 0 Å². The van der Waals surface area contributed by atoms with Crippen LogP contribution in [-0.4, -0.2) is 27.9 Å². The van der Waals surface area contributed by atoms with Gasteiger partial charge < -0.3 is 19.5 Å². The van der Waals surface area contributed by atoms with Gasteiger partial charge >= 0.3 is 0 Å². The molecule has 1 aromatic carbocycles. The first-order valence-electron chi connectivity index (χ1n) is 6.78. The fourth-order valence-corrected chi connectivity index (χ4v) is 2.86. The number of hydrogen-bond donors (Lipinski definition) is 1. The Labute approximate surface area is 115 Å². The molecule has 1 fully saturated rings. The Hall–Kier alpha value is -1.42. The topological polar surface area (TPSA) is 39.7 Å². The SMILES string of the molecule is CCC1CCNC1c1cc(OC)c(OC)cc1OC. The van der Waals surface area contributed by atoms with Crippen molar-refractivity contribution in [2.24, 2.45) is 5.92 Å². The Morgan fingerprint density at radius 3 is 2.26 bits per heavy atom. The van der Waals surface area contributed by atoms with E-state index in [-0.39, 0.29) is 0 Å². The van der Waals surface area contributed by atoms with Gasteiger partial charge in [-0.25, -0.2) is 0 Å². The molecular weight excluding hydrogens is 242 g/mol. The normalized spacial score (nSPS) is 22.3. The molecule has 0 amide bonds. The zero-order valence-electron chi connectivity index (χ0n) is 12.2. The van der Waals surface area contributed by atoms with Crippen LogP contribution >= 0.6 is 0 Å². The highest BCUT2D eigenvalue weighted by Gasteiger charge is 2.30. The lowest BCUT2D eigenvalue weighted by Gasteiger charge is -2.22. The molecule has 4 heteroatoms. The van der Waals surface area contributed by atoms with E-state index in [1.54, 1.807) is 21.3 Å². The van der Waals surface area contributed by atoms with Crippen molar-refractivity contribution in [2.45, 2.75) is 25.8 Å². The molecule has 0 bridgehead atoms. The van der Waals surface area contributed by atoms with Gasteiger partial charge in [-0.1, -0.05) is 13.3 Å². The molecule has 1 N–H and O–H groups in total. The summed E-state index contributed by atoms with van der Waals surface area (Å²) in [6, 6.07) is 4.27. The summed E-state index contributed by atoms with van der Waals surface area (Å²) in [6.45, 7) is 3.29. The third kappa shape index (κ3) is 2.63. The standard InChI is InChI=1S/C15H23NO3/c1-5-10-6-7-16-15(10)11-8-13(18-3)14(19-4)9-12(11)17-2/h8-10,15-16H,5-7H2,1-4H3. The molecule has 0 saturated carbocycles. The molecule has 1 aliphatic heterocycles. The minimum absolute atomic E-state index is 0.333. The van der Waals surface area contributed by atoms with Gasteiger partial charge in [-0.2, -0.15) is 0 Å². The lowest BCUT2D eigenvalue weighted by Crippen LogP contribution is -2.18. The van der Waals surface area contributed by atoms with E-state index in [1.165, 1.54) is 6.42 Å². The smallest absolute Gasteiger partial charge is 0.164 e. The molecule has 1 aliphatic rings. The zero-order chi connectivity index (χ0) is 13.8. The second kappa shape index (κ2) is 6.15. The number of rotatable bonds is 5. The van der Waals surface area contributed by atoms with Gasteiger partial charge in [0.25, 0.3) is 0 Å². The summed E-state index contributed by atoms with van der Waals surface area (Å²) in [5.74, 6) is 2.96. The summed E-state index contributed by atoms with van der Waals surface area (Å²) < 4.78 is 16.2. The van der Waals surface area contributed by atoms with Gasteiger partial charge in [0.2, 0.25) is 0 Å². The summed E-state index contributed by atoms with van der Waals surface area (Å²) in [7, 11) is 4.99. The average molecular weight is 265 g/mol.